The van der Waals surface area contributed by atoms with Gasteiger partial charge in [0.25, 0.3) is 0 Å². The molecule has 4 amide bonds. The molecule has 3 aliphatic heterocycles. The van der Waals surface area contributed by atoms with Crippen LogP contribution in [0.2, 0.25) is 5.02 Å². The molecule has 2 saturated heterocycles. The summed E-state index contributed by atoms with van der Waals surface area (Å²) in [6.07, 6.45) is 2.96. The largest absolute Gasteiger partial charge is 0.495 e. The number of methoxy groups -OCH3 is 2. The second-order valence-electron chi connectivity index (χ2n) is 17.7. The summed E-state index contributed by atoms with van der Waals surface area (Å²) in [5.41, 5.74) is 6.27. The Hall–Kier alpha value is -4.42. The van der Waals surface area contributed by atoms with Crippen LogP contribution in [-0.2, 0) is 73.0 Å². The maximum absolute atomic E-state index is 14.3. The first-order valence-corrected chi connectivity index (χ1v) is 24.5. The molecule has 0 aromatic heterocycles. The summed E-state index contributed by atoms with van der Waals surface area (Å²) in [5.74, 6) is -1.75. The maximum Gasteiger partial charge on any atom is 0.407 e. The van der Waals surface area contributed by atoms with Crippen LogP contribution in [0.4, 0.5) is 10.5 Å². The highest BCUT2D eigenvalue weighted by molar-refractivity contribution is 6.35. The molecule has 4 N–H and O–H groups in total. The van der Waals surface area contributed by atoms with Crippen molar-refractivity contribution in [1.82, 2.24) is 15.5 Å². The number of nitrogens with two attached hydrogens (primary N) is 1. The van der Waals surface area contributed by atoms with Gasteiger partial charge in [0.2, 0.25) is 17.7 Å². The fourth-order valence-electron chi connectivity index (χ4n) is 8.04. The molecule has 0 aliphatic carbocycles. The second kappa shape index (κ2) is 30.6. The highest BCUT2D eigenvalue weighted by Gasteiger charge is 2.64. The third kappa shape index (κ3) is 18.9. The molecule has 3 aliphatic rings. The first-order valence-electron chi connectivity index (χ1n) is 24.1. The minimum absolute atomic E-state index is 0.00599. The number of epoxide rings is 1. The number of rotatable bonds is 27. The van der Waals surface area contributed by atoms with E-state index in [0.29, 0.717) is 96.9 Å². The van der Waals surface area contributed by atoms with Gasteiger partial charge < -0.3 is 78.3 Å². The van der Waals surface area contributed by atoms with Crippen molar-refractivity contribution in [3.63, 3.8) is 0 Å². The first kappa shape index (κ1) is 59.1. The second-order valence-corrected chi connectivity index (χ2v) is 18.0. The smallest absolute Gasteiger partial charge is 0.407 e. The van der Waals surface area contributed by atoms with Crippen LogP contribution in [0.15, 0.2) is 35.9 Å². The maximum atomic E-state index is 14.3. The monoisotopic (exact) mass is 1030 g/mol. The SMILES string of the molecule is COc1cc2cc(c1Cl)N(C)C(=O)C[C@H](OC(=O)[C@H](C)N(C)C(=O)CCOCCOCCOCCOCCOCCOCCNC(=O)CN)[C@]1(C)OC1[C@H](C)[C@@H]1C[C@@H](NC(=O)O1)[C@H](OC)/C=C/C=C(\C)C2. The van der Waals surface area contributed by atoms with E-state index >= 15 is 0 Å². The molecule has 1 aromatic carbocycles. The zero-order chi connectivity index (χ0) is 51.9. The lowest BCUT2D eigenvalue weighted by molar-refractivity contribution is -0.162. The molecule has 1 unspecified atom stereocenters. The molecule has 0 saturated carbocycles. The van der Waals surface area contributed by atoms with Crippen molar-refractivity contribution in [3.8, 4) is 5.75 Å². The van der Waals surface area contributed by atoms with E-state index in [-0.39, 0.29) is 55.4 Å². The fraction of sp³-hybridized carbons (Fsp3) is 0.694. The van der Waals surface area contributed by atoms with Gasteiger partial charge in [0.15, 0.2) is 0 Å². The van der Waals surface area contributed by atoms with Crippen molar-refractivity contribution in [1.29, 1.82) is 0 Å². The van der Waals surface area contributed by atoms with Gasteiger partial charge in [-0.05, 0) is 44.9 Å². The van der Waals surface area contributed by atoms with Crippen LogP contribution in [0.5, 0.6) is 5.75 Å². The number of fused-ring (bicyclic) bond motifs is 5. The lowest BCUT2D eigenvalue weighted by Gasteiger charge is -2.36. The Bertz CT molecular complexity index is 1940. The van der Waals surface area contributed by atoms with Crippen LogP contribution in [0.1, 0.15) is 52.5 Å². The molecule has 400 valence electrons. The first-order chi connectivity index (χ1) is 34.0. The molecular formula is C49H76ClN5O16. The summed E-state index contributed by atoms with van der Waals surface area (Å²) in [4.78, 5) is 68.1. The van der Waals surface area contributed by atoms with Gasteiger partial charge in [-0.15, -0.1) is 0 Å². The number of benzene rings is 1. The number of hydrogen-bond acceptors (Lipinski definition) is 17. The number of nitrogens with zero attached hydrogens (tertiary/aromatic N) is 2. The van der Waals surface area contributed by atoms with E-state index in [1.165, 1.54) is 24.0 Å². The Balaban J connectivity index is 1.25. The van der Waals surface area contributed by atoms with Gasteiger partial charge in [0, 0.05) is 40.1 Å². The Labute approximate surface area is 422 Å². The van der Waals surface area contributed by atoms with E-state index in [2.05, 4.69) is 10.6 Å². The molecule has 4 bridgehead atoms. The molecule has 0 radical (unpaired) electrons. The number of amides is 4. The van der Waals surface area contributed by atoms with Crippen molar-refractivity contribution in [2.75, 3.05) is 126 Å². The number of ether oxygens (including phenoxy) is 11. The van der Waals surface area contributed by atoms with Crippen LogP contribution in [0.25, 0.3) is 0 Å². The quantitative estimate of drug-likeness (QED) is 0.0652. The summed E-state index contributed by atoms with van der Waals surface area (Å²) in [5, 5.41) is 5.73. The minimum atomic E-state index is -1.17. The molecule has 22 heteroatoms. The molecule has 3 heterocycles. The van der Waals surface area contributed by atoms with Crippen LogP contribution in [-0.4, -0.2) is 197 Å². The van der Waals surface area contributed by atoms with Crippen molar-refractivity contribution < 1.29 is 76.1 Å². The lowest BCUT2D eigenvalue weighted by atomic mass is 9.84. The van der Waals surface area contributed by atoms with E-state index in [1.807, 2.05) is 44.2 Å². The molecule has 21 nitrogen and oxygen atoms in total. The van der Waals surface area contributed by atoms with Crippen LogP contribution >= 0.6 is 11.6 Å². The van der Waals surface area contributed by atoms with Gasteiger partial charge in [0.05, 0.1) is 130 Å². The van der Waals surface area contributed by atoms with Gasteiger partial charge in [0.1, 0.15) is 34.6 Å². The zero-order valence-corrected chi connectivity index (χ0v) is 43.3. The number of carbonyl (C=O) groups is 5. The number of hydrogen-bond donors (Lipinski definition) is 3. The van der Waals surface area contributed by atoms with Crippen molar-refractivity contribution in [2.24, 2.45) is 11.7 Å². The summed E-state index contributed by atoms with van der Waals surface area (Å²) in [6.45, 7) is 11.7. The van der Waals surface area contributed by atoms with Gasteiger partial charge in [-0.25, -0.2) is 9.59 Å². The van der Waals surface area contributed by atoms with E-state index < -0.39 is 60.1 Å². The van der Waals surface area contributed by atoms with Crippen molar-refractivity contribution >= 4 is 47.1 Å². The molecule has 4 rings (SSSR count). The number of halogens is 1. The van der Waals surface area contributed by atoms with Crippen LogP contribution in [0.3, 0.4) is 0 Å². The third-order valence-corrected chi connectivity index (χ3v) is 12.9. The number of allylic oxidation sites excluding steroid dienone is 3. The molecule has 0 spiro atoms. The molecule has 71 heavy (non-hydrogen) atoms. The summed E-state index contributed by atoms with van der Waals surface area (Å²) in [7, 11) is 6.17. The Morgan fingerprint density at radius 1 is 0.958 bits per heavy atom. The Morgan fingerprint density at radius 3 is 2.13 bits per heavy atom. The number of alkyl carbamates (subject to hydrolysis) is 1. The lowest BCUT2D eigenvalue weighted by Crippen LogP contribution is -2.53. The van der Waals surface area contributed by atoms with E-state index in [1.54, 1.807) is 28.0 Å². The average molecular weight is 1030 g/mol. The van der Waals surface area contributed by atoms with Crippen molar-refractivity contribution in [2.45, 2.75) is 95.5 Å². The number of likely N-dealkylation sites (N-methyl/N-ethyl adjacent to an activating group) is 1. The predicted octanol–water partition coefficient (Wildman–Crippen LogP) is 2.76. The van der Waals surface area contributed by atoms with E-state index in [4.69, 9.17) is 69.4 Å². The number of carbonyl (C=O) groups excluding carboxylic acids is 5. The summed E-state index contributed by atoms with van der Waals surface area (Å²) < 4.78 is 62.6. The van der Waals surface area contributed by atoms with Gasteiger partial charge in [-0.3, -0.25) is 14.4 Å². The topological polar surface area (TPSA) is 247 Å². The van der Waals surface area contributed by atoms with E-state index in [9.17, 15) is 24.0 Å². The average Bonchev–Trinajstić information content (AvgIpc) is 4.06. The normalized spacial score (nSPS) is 25.2. The number of esters is 1. The third-order valence-electron chi connectivity index (χ3n) is 12.5. The van der Waals surface area contributed by atoms with Crippen molar-refractivity contribution in [3.05, 3.63) is 46.5 Å². The van der Waals surface area contributed by atoms with Crippen LogP contribution in [0, 0.1) is 5.92 Å². The molecular weight excluding hydrogens is 950 g/mol. The highest BCUT2D eigenvalue weighted by Crippen LogP contribution is 2.49. The number of nitrogens with one attached hydrogen (secondary N) is 2. The molecule has 1 aromatic rings. The standard InChI is InChI=1S/C49H76ClN5O16/c1-32-10-9-11-38(61-7)36-29-39(69-48(60)53-36)33(2)46-49(4,71-46)41(30-44(58)55(6)37-27-35(26-32)28-40(62-8)45(37)50)70-47(59)34(3)54(5)43(57)12-14-63-16-18-65-20-22-67-24-25-68-23-21-66-19-17-64-15-13-52-42(56)31-51/h9-11,27-28,33-34,36,38-39,41,46H,12-26,29-31,51H2,1-8H3,(H,52,56)(H,53,60)/b11-9+,32-10+/t33-,34+,36-,38-,39+,41+,46?,49+/m1/s1. The molecule has 8 atom stereocenters. The van der Waals surface area contributed by atoms with Gasteiger partial charge >= 0.3 is 12.1 Å². The predicted molar refractivity (Wildman–Crippen MR) is 261 cm³/mol. The Kier molecular flexibility index (Phi) is 25.5. The highest BCUT2D eigenvalue weighted by atomic mass is 35.5. The minimum Gasteiger partial charge on any atom is -0.495 e. The molecule has 2 fully saturated rings. The van der Waals surface area contributed by atoms with E-state index in [0.717, 1.165) is 11.1 Å². The summed E-state index contributed by atoms with van der Waals surface area (Å²) >= 11 is 6.81. The summed E-state index contributed by atoms with van der Waals surface area (Å²) in [6, 6.07) is 2.19. The van der Waals surface area contributed by atoms with Gasteiger partial charge in [-0.1, -0.05) is 42.3 Å². The van der Waals surface area contributed by atoms with Gasteiger partial charge in [-0.2, -0.15) is 0 Å². The van der Waals surface area contributed by atoms with Crippen LogP contribution < -0.4 is 26.0 Å². The Morgan fingerprint density at radius 2 is 1.55 bits per heavy atom. The number of anilines is 1. The fourth-order valence-corrected chi connectivity index (χ4v) is 8.35. The zero-order valence-electron chi connectivity index (χ0n) is 42.5.